The van der Waals surface area contributed by atoms with Gasteiger partial charge in [-0.05, 0) is 49.9 Å². The van der Waals surface area contributed by atoms with Gasteiger partial charge in [-0.1, -0.05) is 25.0 Å². The molecule has 0 aromatic heterocycles. The molecule has 1 aromatic carbocycles. The maximum Gasteiger partial charge on any atom is 0.122 e. The number of benzene rings is 1. The lowest BCUT2D eigenvalue weighted by Gasteiger charge is -2.15. The number of ether oxygens (including phenoxy) is 1. The van der Waals surface area contributed by atoms with Gasteiger partial charge in [-0.2, -0.15) is 0 Å². The Bertz CT molecular complexity index is 402. The zero-order valence-corrected chi connectivity index (χ0v) is 12.0. The van der Waals surface area contributed by atoms with Gasteiger partial charge in [0.05, 0.1) is 0 Å². The summed E-state index contributed by atoms with van der Waals surface area (Å²) in [6.45, 7) is 6.03. The Morgan fingerprint density at radius 3 is 2.89 bits per heavy atom. The summed E-state index contributed by atoms with van der Waals surface area (Å²) >= 11 is 0. The normalized spacial score (nSPS) is 16.4. The summed E-state index contributed by atoms with van der Waals surface area (Å²) in [5.41, 5.74) is 2.29. The zero-order chi connectivity index (χ0) is 13.7. The van der Waals surface area contributed by atoms with E-state index >= 15 is 0 Å². The van der Waals surface area contributed by atoms with E-state index in [2.05, 4.69) is 11.4 Å². The van der Waals surface area contributed by atoms with Gasteiger partial charge in [-0.15, -0.1) is 0 Å². The maximum atomic E-state index is 9.86. The fraction of sp³-hybridized carbons (Fsp3) is 0.625. The molecule has 1 unspecified atom stereocenters. The van der Waals surface area contributed by atoms with Gasteiger partial charge in [0, 0.05) is 6.54 Å². The molecule has 106 valence electrons. The van der Waals surface area contributed by atoms with Crippen LogP contribution in [-0.2, 0) is 0 Å². The molecule has 2 N–H and O–H groups in total. The minimum absolute atomic E-state index is 0.348. The van der Waals surface area contributed by atoms with Gasteiger partial charge >= 0.3 is 0 Å². The first-order valence-electron chi connectivity index (χ1n) is 7.24. The topological polar surface area (TPSA) is 41.5 Å². The third-order valence-electron chi connectivity index (χ3n) is 3.58. The third-order valence-corrected chi connectivity index (χ3v) is 3.58. The Hall–Kier alpha value is -1.06. The standard InChI is InChI=1S/C16H25NO2/c1-12-3-4-13(2)16(9-12)19-11-15(18)10-17-8-7-14-5-6-14/h3-4,9,14-15,17-18H,5-8,10-11H2,1-2H3. The number of aliphatic hydroxyl groups excluding tert-OH is 1. The van der Waals surface area contributed by atoms with E-state index in [1.165, 1.54) is 24.8 Å². The van der Waals surface area contributed by atoms with Crippen LogP contribution in [0.2, 0.25) is 0 Å². The van der Waals surface area contributed by atoms with Gasteiger partial charge in [0.1, 0.15) is 18.5 Å². The van der Waals surface area contributed by atoms with Crippen LogP contribution in [0.4, 0.5) is 0 Å². The quantitative estimate of drug-likeness (QED) is 0.708. The lowest BCUT2D eigenvalue weighted by molar-refractivity contribution is 0.106. The Balaban J connectivity index is 1.64. The largest absolute Gasteiger partial charge is 0.491 e. The minimum atomic E-state index is -0.445. The van der Waals surface area contributed by atoms with Gasteiger partial charge in [-0.25, -0.2) is 0 Å². The highest BCUT2D eigenvalue weighted by molar-refractivity contribution is 5.35. The molecule has 1 aromatic rings. The monoisotopic (exact) mass is 263 g/mol. The van der Waals surface area contributed by atoms with E-state index in [0.29, 0.717) is 13.2 Å². The molecule has 3 nitrogen and oxygen atoms in total. The van der Waals surface area contributed by atoms with Crippen LogP contribution >= 0.6 is 0 Å². The first kappa shape index (κ1) is 14.4. The van der Waals surface area contributed by atoms with Crippen LogP contribution in [0.1, 0.15) is 30.4 Å². The molecule has 0 radical (unpaired) electrons. The van der Waals surface area contributed by atoms with Gasteiger partial charge in [0.2, 0.25) is 0 Å². The van der Waals surface area contributed by atoms with Crippen LogP contribution in [0.5, 0.6) is 5.75 Å². The van der Waals surface area contributed by atoms with Crippen LogP contribution in [0.25, 0.3) is 0 Å². The van der Waals surface area contributed by atoms with Crippen LogP contribution in [0, 0.1) is 19.8 Å². The first-order valence-corrected chi connectivity index (χ1v) is 7.24. The van der Waals surface area contributed by atoms with Crippen LogP contribution < -0.4 is 10.1 Å². The molecule has 1 fully saturated rings. The number of hydrogen-bond acceptors (Lipinski definition) is 3. The molecule has 1 aliphatic carbocycles. The molecule has 0 spiro atoms. The molecule has 1 atom stereocenters. The van der Waals surface area contributed by atoms with Gasteiger partial charge in [0.25, 0.3) is 0 Å². The highest BCUT2D eigenvalue weighted by Crippen LogP contribution is 2.31. The van der Waals surface area contributed by atoms with Crippen LogP contribution in [0.15, 0.2) is 18.2 Å². The molecule has 0 heterocycles. The summed E-state index contributed by atoms with van der Waals surface area (Å²) in [5.74, 6) is 1.81. The summed E-state index contributed by atoms with van der Waals surface area (Å²) in [7, 11) is 0. The van der Waals surface area contributed by atoms with Crippen molar-refractivity contribution in [2.45, 2.75) is 39.2 Å². The number of nitrogens with one attached hydrogen (secondary N) is 1. The van der Waals surface area contributed by atoms with Gasteiger partial charge in [0.15, 0.2) is 0 Å². The van der Waals surface area contributed by atoms with Crippen LogP contribution in [0.3, 0.4) is 0 Å². The van der Waals surface area contributed by atoms with Crippen molar-refractivity contribution in [3.05, 3.63) is 29.3 Å². The second-order valence-corrected chi connectivity index (χ2v) is 5.67. The smallest absolute Gasteiger partial charge is 0.122 e. The van der Waals surface area contributed by atoms with Crippen molar-refractivity contribution in [3.8, 4) is 5.75 Å². The highest BCUT2D eigenvalue weighted by Gasteiger charge is 2.20. The van der Waals surface area contributed by atoms with Crippen molar-refractivity contribution < 1.29 is 9.84 Å². The lowest BCUT2D eigenvalue weighted by atomic mass is 10.1. The molecule has 2 rings (SSSR count). The fourth-order valence-electron chi connectivity index (χ4n) is 2.09. The molecule has 3 heteroatoms. The molecule has 0 amide bonds. The van der Waals surface area contributed by atoms with E-state index < -0.39 is 6.10 Å². The second-order valence-electron chi connectivity index (χ2n) is 5.67. The maximum absolute atomic E-state index is 9.86. The lowest BCUT2D eigenvalue weighted by Crippen LogP contribution is -2.32. The number of aliphatic hydroxyl groups is 1. The summed E-state index contributed by atoms with van der Waals surface area (Å²) in [6, 6.07) is 6.13. The van der Waals surface area contributed by atoms with E-state index in [4.69, 9.17) is 4.74 Å². The Morgan fingerprint density at radius 2 is 2.16 bits per heavy atom. The van der Waals surface area contributed by atoms with E-state index in [1.807, 2.05) is 26.0 Å². The summed E-state index contributed by atoms with van der Waals surface area (Å²) in [5, 5.41) is 13.2. The van der Waals surface area contributed by atoms with Crippen molar-refractivity contribution in [3.63, 3.8) is 0 Å². The first-order chi connectivity index (χ1) is 9.15. The Labute approximate surface area is 116 Å². The molecule has 1 aliphatic rings. The van der Waals surface area contributed by atoms with Crippen molar-refractivity contribution in [1.29, 1.82) is 0 Å². The van der Waals surface area contributed by atoms with Crippen molar-refractivity contribution in [2.24, 2.45) is 5.92 Å². The van der Waals surface area contributed by atoms with E-state index in [0.717, 1.165) is 23.8 Å². The Morgan fingerprint density at radius 1 is 1.37 bits per heavy atom. The third kappa shape index (κ3) is 5.21. The minimum Gasteiger partial charge on any atom is -0.491 e. The highest BCUT2D eigenvalue weighted by atomic mass is 16.5. The summed E-state index contributed by atoms with van der Waals surface area (Å²) in [6.07, 6.45) is 3.57. The zero-order valence-electron chi connectivity index (χ0n) is 12.0. The average molecular weight is 263 g/mol. The summed E-state index contributed by atoms with van der Waals surface area (Å²) in [4.78, 5) is 0. The van der Waals surface area contributed by atoms with E-state index in [-0.39, 0.29) is 0 Å². The van der Waals surface area contributed by atoms with Crippen molar-refractivity contribution in [1.82, 2.24) is 5.32 Å². The van der Waals surface area contributed by atoms with Gasteiger partial charge < -0.3 is 15.2 Å². The number of hydrogen-bond donors (Lipinski definition) is 2. The van der Waals surface area contributed by atoms with Crippen molar-refractivity contribution >= 4 is 0 Å². The average Bonchev–Trinajstić information content (AvgIpc) is 3.20. The predicted molar refractivity (Wildman–Crippen MR) is 77.6 cm³/mol. The summed E-state index contributed by atoms with van der Waals surface area (Å²) < 4.78 is 5.68. The Kier molecular flexibility index (Phi) is 5.23. The van der Waals surface area contributed by atoms with Crippen LogP contribution in [-0.4, -0.2) is 30.9 Å². The fourth-order valence-corrected chi connectivity index (χ4v) is 2.09. The molecule has 0 saturated heterocycles. The van der Waals surface area contributed by atoms with Gasteiger partial charge in [-0.3, -0.25) is 0 Å². The molecule has 0 bridgehead atoms. The molecular weight excluding hydrogens is 238 g/mol. The number of rotatable bonds is 8. The number of aryl methyl sites for hydroxylation is 2. The molecular formula is C16H25NO2. The predicted octanol–water partition coefficient (Wildman–Crippen LogP) is 2.43. The molecule has 0 aliphatic heterocycles. The molecule has 1 saturated carbocycles. The van der Waals surface area contributed by atoms with E-state index in [1.54, 1.807) is 0 Å². The van der Waals surface area contributed by atoms with Crippen molar-refractivity contribution in [2.75, 3.05) is 19.7 Å². The molecule has 19 heavy (non-hydrogen) atoms. The SMILES string of the molecule is Cc1ccc(C)c(OCC(O)CNCCC2CC2)c1. The second kappa shape index (κ2) is 6.92. The van der Waals surface area contributed by atoms with E-state index in [9.17, 15) is 5.11 Å².